The van der Waals surface area contributed by atoms with Crippen molar-refractivity contribution in [2.45, 2.75) is 19.3 Å². The lowest BCUT2D eigenvalue weighted by molar-refractivity contribution is 1.11. The lowest BCUT2D eigenvalue weighted by atomic mass is 9.90. The monoisotopic (exact) mass is 523 g/mol. The van der Waals surface area contributed by atoms with Gasteiger partial charge in [0, 0.05) is 44.6 Å². The zero-order chi connectivity index (χ0) is 25.7. The number of benzene rings is 6. The molecular weight excluding hydrogens is 502 g/mol. The Hall–Kier alpha value is -4.53. The highest BCUT2D eigenvalue weighted by atomic mass is 32.1. The van der Waals surface area contributed by atoms with E-state index in [1.165, 1.54) is 108 Å². The number of pyridine rings is 1. The Kier molecular flexibility index (Phi) is 3.45. The lowest BCUT2D eigenvalue weighted by Gasteiger charge is -2.13. The predicted molar refractivity (Wildman–Crippen MR) is 169 cm³/mol. The number of aromatic nitrogens is 1. The number of nitrogens with zero attached hydrogens (tertiary/aromatic N) is 1. The summed E-state index contributed by atoms with van der Waals surface area (Å²) in [5.74, 6) is 0. The zero-order valence-electron chi connectivity index (χ0n) is 21.6. The molecule has 0 bridgehead atoms. The molecule has 8 aromatic rings. The van der Waals surface area contributed by atoms with Crippen LogP contribution in [0.5, 0.6) is 0 Å². The Bertz CT molecular complexity index is 2460. The van der Waals surface area contributed by atoms with Crippen molar-refractivity contribution >= 4 is 63.8 Å². The van der Waals surface area contributed by atoms with E-state index in [-0.39, 0.29) is 0 Å². The van der Waals surface area contributed by atoms with Gasteiger partial charge in [0.1, 0.15) is 0 Å². The molecule has 2 heterocycles. The third-order valence-electron chi connectivity index (χ3n) is 9.89. The molecule has 3 aliphatic rings. The van der Waals surface area contributed by atoms with Crippen molar-refractivity contribution in [3.05, 3.63) is 125 Å². The second-order valence-corrected chi connectivity index (χ2v) is 12.8. The van der Waals surface area contributed by atoms with E-state index >= 15 is 0 Å². The average molecular weight is 524 g/mol. The van der Waals surface area contributed by atoms with Crippen LogP contribution in [0.3, 0.4) is 0 Å². The van der Waals surface area contributed by atoms with E-state index < -0.39 is 0 Å². The molecule has 1 nitrogen and oxygen atoms in total. The first-order valence-corrected chi connectivity index (χ1v) is 15.0. The van der Waals surface area contributed by atoms with Gasteiger partial charge in [-0.2, -0.15) is 0 Å². The summed E-state index contributed by atoms with van der Waals surface area (Å²) in [5, 5.41) is 11.8. The van der Waals surface area contributed by atoms with Crippen LogP contribution in [-0.4, -0.2) is 4.98 Å². The Morgan fingerprint density at radius 3 is 2.05 bits per heavy atom. The Labute approximate surface area is 234 Å². The first kappa shape index (κ1) is 20.4. The van der Waals surface area contributed by atoms with Crippen molar-refractivity contribution < 1.29 is 0 Å². The van der Waals surface area contributed by atoms with Crippen LogP contribution in [0.4, 0.5) is 0 Å². The molecule has 2 aromatic heterocycles. The van der Waals surface area contributed by atoms with Gasteiger partial charge in [0.05, 0.1) is 5.69 Å². The number of thiophene rings is 1. The summed E-state index contributed by atoms with van der Waals surface area (Å²) in [5.41, 5.74) is 14.1. The minimum Gasteiger partial charge on any atom is -0.260 e. The maximum atomic E-state index is 5.02. The highest BCUT2D eigenvalue weighted by molar-refractivity contribution is 7.26. The fraction of sp³-hybridized carbons (Fsp3) is 0.0789. The van der Waals surface area contributed by atoms with Gasteiger partial charge in [-0.25, -0.2) is 0 Å². The molecule has 0 spiro atoms. The quantitative estimate of drug-likeness (QED) is 0.205. The fourth-order valence-electron chi connectivity index (χ4n) is 8.33. The van der Waals surface area contributed by atoms with Crippen LogP contribution in [0.25, 0.3) is 74.7 Å². The van der Waals surface area contributed by atoms with Gasteiger partial charge >= 0.3 is 0 Å². The van der Waals surface area contributed by atoms with Gasteiger partial charge in [0.2, 0.25) is 0 Å². The first-order valence-electron chi connectivity index (χ1n) is 14.2. The van der Waals surface area contributed by atoms with E-state index in [2.05, 4.69) is 91.1 Å². The molecule has 0 fully saturated rings. The van der Waals surface area contributed by atoms with Crippen molar-refractivity contribution in [3.63, 3.8) is 0 Å². The van der Waals surface area contributed by atoms with E-state index in [1.807, 2.05) is 11.3 Å². The van der Waals surface area contributed by atoms with Crippen LogP contribution >= 0.6 is 11.3 Å². The molecule has 0 N–H and O–H groups in total. The highest BCUT2D eigenvalue weighted by Crippen LogP contribution is 2.55. The van der Waals surface area contributed by atoms with E-state index in [4.69, 9.17) is 4.98 Å². The van der Waals surface area contributed by atoms with Gasteiger partial charge in [0.15, 0.2) is 0 Å². The van der Waals surface area contributed by atoms with Crippen LogP contribution in [0.2, 0.25) is 0 Å². The summed E-state index contributed by atoms with van der Waals surface area (Å²) in [7, 11) is 0. The summed E-state index contributed by atoms with van der Waals surface area (Å²) >= 11 is 1.96. The number of fused-ring (bicyclic) bond motifs is 3. The van der Waals surface area contributed by atoms with Crippen molar-refractivity contribution in [1.29, 1.82) is 0 Å². The van der Waals surface area contributed by atoms with E-state index in [0.717, 1.165) is 19.3 Å². The molecule has 11 rings (SSSR count). The lowest BCUT2D eigenvalue weighted by Crippen LogP contribution is -1.92. The van der Waals surface area contributed by atoms with Gasteiger partial charge in [-0.1, -0.05) is 78.9 Å². The van der Waals surface area contributed by atoms with Crippen LogP contribution in [0.15, 0.2) is 91.1 Å². The fourth-order valence-corrected chi connectivity index (χ4v) is 9.69. The van der Waals surface area contributed by atoms with Gasteiger partial charge in [-0.05, 0) is 89.5 Å². The van der Waals surface area contributed by atoms with Crippen LogP contribution in [-0.2, 0) is 19.3 Å². The Balaban J connectivity index is 1.27. The van der Waals surface area contributed by atoms with Crippen molar-refractivity contribution in [1.82, 2.24) is 4.98 Å². The summed E-state index contributed by atoms with van der Waals surface area (Å²) in [6.45, 7) is 0. The van der Waals surface area contributed by atoms with Gasteiger partial charge < -0.3 is 0 Å². The van der Waals surface area contributed by atoms with Gasteiger partial charge in [0.25, 0.3) is 0 Å². The van der Waals surface area contributed by atoms with Crippen LogP contribution in [0.1, 0.15) is 33.5 Å². The molecule has 0 unspecified atom stereocenters. The third-order valence-corrected chi connectivity index (χ3v) is 11.2. The van der Waals surface area contributed by atoms with E-state index in [9.17, 15) is 0 Å². The second kappa shape index (κ2) is 6.78. The maximum absolute atomic E-state index is 5.02. The highest BCUT2D eigenvalue weighted by Gasteiger charge is 2.33. The van der Waals surface area contributed by atoms with E-state index in [1.54, 1.807) is 0 Å². The topological polar surface area (TPSA) is 12.9 Å². The molecule has 0 aliphatic heterocycles. The molecule has 184 valence electrons. The molecule has 6 aromatic carbocycles. The maximum Gasteiger partial charge on any atom is 0.0532 e. The minimum absolute atomic E-state index is 0.942. The van der Waals surface area contributed by atoms with E-state index in [0.29, 0.717) is 0 Å². The van der Waals surface area contributed by atoms with Crippen LogP contribution in [0, 0.1) is 0 Å². The Morgan fingerprint density at radius 2 is 1.20 bits per heavy atom. The summed E-state index contributed by atoms with van der Waals surface area (Å²) in [6.07, 6.45) is 5.14. The number of hydrogen-bond donors (Lipinski definition) is 0. The third kappa shape index (κ3) is 2.24. The van der Waals surface area contributed by atoms with Crippen molar-refractivity contribution in [3.8, 4) is 22.3 Å². The SMILES string of the molecule is c1ccc(-c2cccc3c2sc2c(-c4cc5c6c7c(ncc8c7c7c(ccc9c7c6c4C9)C8)C5)cccc23)cc1. The largest absolute Gasteiger partial charge is 0.260 e. The molecule has 2 heteroatoms. The van der Waals surface area contributed by atoms with Crippen molar-refractivity contribution in [2.75, 3.05) is 0 Å². The average Bonchev–Trinajstić information content (AvgIpc) is 3.75. The summed E-state index contributed by atoms with van der Waals surface area (Å²) < 4.78 is 2.78. The molecule has 40 heavy (non-hydrogen) atoms. The predicted octanol–water partition coefficient (Wildman–Crippen LogP) is 9.96. The zero-order valence-corrected chi connectivity index (χ0v) is 22.5. The molecule has 3 aliphatic carbocycles. The summed E-state index contributed by atoms with van der Waals surface area (Å²) in [4.78, 5) is 5.02. The Morgan fingerprint density at radius 1 is 0.500 bits per heavy atom. The minimum atomic E-state index is 0.942. The molecule has 0 amide bonds. The smallest absolute Gasteiger partial charge is 0.0532 e. The molecule has 0 radical (unpaired) electrons. The number of hydrogen-bond acceptors (Lipinski definition) is 2. The second-order valence-electron chi connectivity index (χ2n) is 11.8. The van der Waals surface area contributed by atoms with Gasteiger partial charge in [-0.15, -0.1) is 11.3 Å². The van der Waals surface area contributed by atoms with Crippen molar-refractivity contribution in [2.24, 2.45) is 0 Å². The molecule has 0 saturated heterocycles. The standard InChI is InChI=1S/C38H21NS/c1-2-6-19(7-3-1)24-8-4-9-25-26-10-5-11-27(38(26)40-37(24)25)28-16-22-17-30-36-33(22)35-29(28)15-21-13-12-20-14-23(18-39-30)34(36)31(20)32(21)35/h1-13,16,18H,14-15,17H2. The molecule has 0 saturated carbocycles. The summed E-state index contributed by atoms with van der Waals surface area (Å²) in [6, 6.07) is 31.9. The molecular formula is C38H21NS. The normalized spacial score (nSPS) is 14.2. The first-order chi connectivity index (χ1) is 19.8. The van der Waals surface area contributed by atoms with Gasteiger partial charge in [-0.3, -0.25) is 4.98 Å². The van der Waals surface area contributed by atoms with Crippen LogP contribution < -0.4 is 0 Å². The number of rotatable bonds is 2. The molecule has 0 atom stereocenters.